The Labute approximate surface area is 188 Å². The highest BCUT2D eigenvalue weighted by molar-refractivity contribution is 6.30. The Morgan fingerprint density at radius 3 is 2.58 bits per heavy atom. The van der Waals surface area contributed by atoms with Crippen molar-refractivity contribution in [1.82, 2.24) is 24.8 Å². The summed E-state index contributed by atoms with van der Waals surface area (Å²) in [6.07, 6.45) is 1.67. The molecule has 1 aliphatic rings. The van der Waals surface area contributed by atoms with Crippen LogP contribution in [0.3, 0.4) is 0 Å². The standard InChI is InChI=1S/C23H29ClN6O/c1-16-14-22(29-11-8-18(9-12-29)23(31)25-10-13-28(2)3)30-21(26-16)15-20(27-30)17-4-6-19(24)7-5-17/h4-7,14-15,18H,8-13H2,1-3H3,(H,25,31). The second-order valence-corrected chi connectivity index (χ2v) is 8.85. The summed E-state index contributed by atoms with van der Waals surface area (Å²) < 4.78 is 1.91. The maximum absolute atomic E-state index is 12.5. The van der Waals surface area contributed by atoms with Gasteiger partial charge >= 0.3 is 0 Å². The molecule has 4 rings (SSSR count). The lowest BCUT2D eigenvalue weighted by Crippen LogP contribution is -2.42. The number of aryl methyl sites for hydroxylation is 1. The SMILES string of the molecule is Cc1cc(N2CCC(C(=O)NCCN(C)C)CC2)n2nc(-c3ccc(Cl)cc3)cc2n1. The first-order valence-corrected chi connectivity index (χ1v) is 11.1. The number of carbonyl (C=O) groups is 1. The van der Waals surface area contributed by atoms with Crippen molar-refractivity contribution in [3.63, 3.8) is 0 Å². The number of benzene rings is 1. The van der Waals surface area contributed by atoms with Crippen molar-refractivity contribution in [3.05, 3.63) is 47.1 Å². The molecule has 0 radical (unpaired) electrons. The molecule has 1 fully saturated rings. The predicted octanol–water partition coefficient (Wildman–Crippen LogP) is 3.25. The van der Waals surface area contributed by atoms with Gasteiger partial charge in [0.25, 0.3) is 0 Å². The molecule has 31 heavy (non-hydrogen) atoms. The summed E-state index contributed by atoms with van der Waals surface area (Å²) in [7, 11) is 4.02. The van der Waals surface area contributed by atoms with Crippen LogP contribution in [0.1, 0.15) is 18.5 Å². The number of hydrogen-bond donors (Lipinski definition) is 1. The van der Waals surface area contributed by atoms with Gasteiger partial charge in [0.05, 0.1) is 5.69 Å². The molecule has 3 heterocycles. The Morgan fingerprint density at radius 1 is 1.19 bits per heavy atom. The van der Waals surface area contributed by atoms with Gasteiger partial charge in [0.2, 0.25) is 5.91 Å². The topological polar surface area (TPSA) is 65.8 Å². The van der Waals surface area contributed by atoms with Crippen LogP contribution < -0.4 is 10.2 Å². The van der Waals surface area contributed by atoms with Gasteiger partial charge in [-0.15, -0.1) is 0 Å². The molecule has 164 valence electrons. The van der Waals surface area contributed by atoms with E-state index in [-0.39, 0.29) is 11.8 Å². The number of rotatable bonds is 6. The zero-order valence-corrected chi connectivity index (χ0v) is 19.1. The molecule has 7 nitrogen and oxygen atoms in total. The van der Waals surface area contributed by atoms with E-state index in [4.69, 9.17) is 16.7 Å². The smallest absolute Gasteiger partial charge is 0.223 e. The fourth-order valence-corrected chi connectivity index (χ4v) is 4.11. The van der Waals surface area contributed by atoms with E-state index in [0.29, 0.717) is 11.6 Å². The zero-order chi connectivity index (χ0) is 22.0. The third-order valence-electron chi connectivity index (χ3n) is 5.72. The quantitative estimate of drug-likeness (QED) is 0.637. The van der Waals surface area contributed by atoms with Crippen LogP contribution in [0.4, 0.5) is 5.82 Å². The molecule has 1 N–H and O–H groups in total. The Morgan fingerprint density at radius 2 is 1.90 bits per heavy atom. The maximum Gasteiger partial charge on any atom is 0.223 e. The van der Waals surface area contributed by atoms with Crippen molar-refractivity contribution < 1.29 is 4.79 Å². The average molecular weight is 441 g/mol. The summed E-state index contributed by atoms with van der Waals surface area (Å²) in [6.45, 7) is 5.19. The van der Waals surface area contributed by atoms with Crippen LogP contribution in [-0.2, 0) is 4.79 Å². The third-order valence-corrected chi connectivity index (χ3v) is 5.98. The van der Waals surface area contributed by atoms with E-state index in [1.165, 1.54) is 0 Å². The van der Waals surface area contributed by atoms with Crippen LogP contribution in [0.25, 0.3) is 16.9 Å². The van der Waals surface area contributed by atoms with Crippen molar-refractivity contribution in [3.8, 4) is 11.3 Å². The molecule has 8 heteroatoms. The molecule has 0 unspecified atom stereocenters. The molecular formula is C23H29ClN6O. The fraction of sp³-hybridized carbons (Fsp3) is 0.435. The highest BCUT2D eigenvalue weighted by Crippen LogP contribution is 2.27. The van der Waals surface area contributed by atoms with Crippen molar-refractivity contribution >= 4 is 29.0 Å². The third kappa shape index (κ3) is 4.99. The van der Waals surface area contributed by atoms with Gasteiger partial charge < -0.3 is 15.1 Å². The second-order valence-electron chi connectivity index (χ2n) is 8.42. The Balaban J connectivity index is 1.49. The van der Waals surface area contributed by atoms with Crippen LogP contribution >= 0.6 is 11.6 Å². The number of aromatic nitrogens is 3. The summed E-state index contributed by atoms with van der Waals surface area (Å²) in [5.41, 5.74) is 3.65. The van der Waals surface area contributed by atoms with Gasteiger partial charge in [-0.25, -0.2) is 4.98 Å². The molecule has 0 saturated carbocycles. The van der Waals surface area contributed by atoms with Crippen molar-refractivity contribution in [1.29, 1.82) is 0 Å². The minimum absolute atomic E-state index is 0.0686. The van der Waals surface area contributed by atoms with Gasteiger partial charge in [-0.2, -0.15) is 9.61 Å². The van der Waals surface area contributed by atoms with Gasteiger partial charge in [-0.3, -0.25) is 4.79 Å². The van der Waals surface area contributed by atoms with Gasteiger partial charge in [-0.1, -0.05) is 23.7 Å². The van der Waals surface area contributed by atoms with Crippen molar-refractivity contribution in [2.75, 3.05) is 45.2 Å². The predicted molar refractivity (Wildman–Crippen MR) is 125 cm³/mol. The van der Waals surface area contributed by atoms with E-state index in [1.807, 2.05) is 55.9 Å². The van der Waals surface area contributed by atoms with Crippen molar-refractivity contribution in [2.24, 2.45) is 5.92 Å². The molecule has 0 spiro atoms. The summed E-state index contributed by atoms with van der Waals surface area (Å²) >= 11 is 6.03. The normalized spacial score (nSPS) is 15.1. The number of carbonyl (C=O) groups excluding carboxylic acids is 1. The minimum Gasteiger partial charge on any atom is -0.356 e. The van der Waals surface area contributed by atoms with Gasteiger partial charge in [0.1, 0.15) is 5.82 Å². The number of piperidine rings is 1. The largest absolute Gasteiger partial charge is 0.356 e. The number of fused-ring (bicyclic) bond motifs is 1. The minimum atomic E-state index is 0.0686. The molecule has 1 saturated heterocycles. The maximum atomic E-state index is 12.5. The number of amides is 1. The highest BCUT2D eigenvalue weighted by atomic mass is 35.5. The lowest BCUT2D eigenvalue weighted by molar-refractivity contribution is -0.125. The first kappa shape index (κ1) is 21.6. The van der Waals surface area contributed by atoms with E-state index in [2.05, 4.69) is 26.2 Å². The number of nitrogens with one attached hydrogen (secondary N) is 1. The Kier molecular flexibility index (Phi) is 6.43. The van der Waals surface area contributed by atoms with Crippen LogP contribution in [0, 0.1) is 12.8 Å². The Hall–Kier alpha value is -2.64. The first-order chi connectivity index (χ1) is 14.9. The molecule has 0 bridgehead atoms. The van der Waals surface area contributed by atoms with Gasteiger partial charge in [-0.05, 0) is 46.0 Å². The summed E-state index contributed by atoms with van der Waals surface area (Å²) in [5, 5.41) is 8.60. The molecule has 1 aromatic carbocycles. The number of likely N-dealkylation sites (N-methyl/N-ethyl adjacent to an activating group) is 1. The van der Waals surface area contributed by atoms with E-state index >= 15 is 0 Å². The molecule has 0 aliphatic carbocycles. The number of hydrogen-bond acceptors (Lipinski definition) is 5. The van der Waals surface area contributed by atoms with E-state index < -0.39 is 0 Å². The summed E-state index contributed by atoms with van der Waals surface area (Å²) in [6, 6.07) is 11.8. The summed E-state index contributed by atoms with van der Waals surface area (Å²) in [4.78, 5) is 21.5. The van der Waals surface area contributed by atoms with E-state index in [9.17, 15) is 4.79 Å². The summed E-state index contributed by atoms with van der Waals surface area (Å²) in [5.74, 6) is 1.26. The number of anilines is 1. The van der Waals surface area contributed by atoms with Crippen LogP contribution in [-0.4, -0.2) is 65.7 Å². The lowest BCUT2D eigenvalue weighted by Gasteiger charge is -2.33. The molecule has 2 aromatic heterocycles. The molecular weight excluding hydrogens is 412 g/mol. The van der Waals surface area contributed by atoms with Crippen LogP contribution in [0.15, 0.2) is 36.4 Å². The molecule has 3 aromatic rings. The number of halogens is 1. The first-order valence-electron chi connectivity index (χ1n) is 10.7. The monoisotopic (exact) mass is 440 g/mol. The number of nitrogens with zero attached hydrogens (tertiary/aromatic N) is 5. The zero-order valence-electron chi connectivity index (χ0n) is 18.3. The van der Waals surface area contributed by atoms with Crippen LogP contribution in [0.2, 0.25) is 5.02 Å². The lowest BCUT2D eigenvalue weighted by atomic mass is 9.96. The fourth-order valence-electron chi connectivity index (χ4n) is 3.99. The highest BCUT2D eigenvalue weighted by Gasteiger charge is 2.26. The van der Waals surface area contributed by atoms with E-state index in [1.54, 1.807) is 0 Å². The van der Waals surface area contributed by atoms with E-state index in [0.717, 1.165) is 60.9 Å². The van der Waals surface area contributed by atoms with Gasteiger partial charge in [0.15, 0.2) is 5.65 Å². The molecule has 0 atom stereocenters. The molecule has 1 amide bonds. The average Bonchev–Trinajstić information content (AvgIpc) is 3.17. The Bertz CT molecular complexity index is 1050. The van der Waals surface area contributed by atoms with Crippen LogP contribution in [0.5, 0.6) is 0 Å². The van der Waals surface area contributed by atoms with Gasteiger partial charge in [0, 0.05) is 60.5 Å². The molecule has 1 aliphatic heterocycles. The van der Waals surface area contributed by atoms with Crippen molar-refractivity contribution in [2.45, 2.75) is 19.8 Å². The second kappa shape index (κ2) is 9.24.